The van der Waals surface area contributed by atoms with Crippen LogP contribution in [0, 0.1) is 6.92 Å². The highest BCUT2D eigenvalue weighted by Gasteiger charge is 2.45. The lowest BCUT2D eigenvalue weighted by Gasteiger charge is -2.16. The Morgan fingerprint density at radius 2 is 2.42 bits per heavy atom. The second-order valence-corrected chi connectivity index (χ2v) is 6.32. The third kappa shape index (κ3) is 2.55. The number of halogens is 1. The van der Waals surface area contributed by atoms with Crippen molar-refractivity contribution in [1.82, 2.24) is 24.5 Å². The summed E-state index contributed by atoms with van der Waals surface area (Å²) in [6.45, 7) is 2.34. The van der Waals surface area contributed by atoms with Gasteiger partial charge in [0.1, 0.15) is 5.82 Å². The molecule has 0 spiro atoms. The molecule has 0 aromatic carbocycles. The van der Waals surface area contributed by atoms with Gasteiger partial charge < -0.3 is 5.32 Å². The summed E-state index contributed by atoms with van der Waals surface area (Å²) in [7, 11) is 0. The number of amides is 1. The summed E-state index contributed by atoms with van der Waals surface area (Å²) in [4.78, 5) is 16.0. The average Bonchev–Trinajstić information content (AvgIpc) is 2.84. The Bertz CT molecular complexity index is 618. The first-order chi connectivity index (χ1) is 9.09. The zero-order chi connectivity index (χ0) is 13.5. The summed E-state index contributed by atoms with van der Waals surface area (Å²) in [6, 6.07) is 0. The van der Waals surface area contributed by atoms with Crippen LogP contribution in [0.2, 0.25) is 0 Å². The molecule has 2 heterocycles. The molecule has 2 aromatic heterocycles. The molecule has 0 unspecified atom stereocenters. The molecule has 100 valence electrons. The molecule has 1 saturated carbocycles. The van der Waals surface area contributed by atoms with Gasteiger partial charge in [-0.3, -0.25) is 9.48 Å². The van der Waals surface area contributed by atoms with E-state index in [-0.39, 0.29) is 11.4 Å². The van der Waals surface area contributed by atoms with Crippen LogP contribution in [0.5, 0.6) is 0 Å². The van der Waals surface area contributed by atoms with E-state index < -0.39 is 0 Å². The Hall–Kier alpha value is -1.28. The van der Waals surface area contributed by atoms with E-state index in [9.17, 15) is 4.79 Å². The summed E-state index contributed by atoms with van der Waals surface area (Å²) in [5, 5.41) is 7.63. The van der Waals surface area contributed by atoms with Crippen LogP contribution in [0.1, 0.15) is 28.5 Å². The molecule has 19 heavy (non-hydrogen) atoms. The van der Waals surface area contributed by atoms with Crippen LogP contribution in [0.15, 0.2) is 16.9 Å². The number of carbonyl (C=O) groups excluding carboxylic acids is 1. The minimum absolute atomic E-state index is 0.0680. The van der Waals surface area contributed by atoms with E-state index in [1.54, 1.807) is 13.1 Å². The van der Waals surface area contributed by atoms with Gasteiger partial charge in [0, 0.05) is 12.7 Å². The molecule has 3 rings (SSSR count). The normalized spacial score (nSPS) is 16.3. The number of nitrogens with zero attached hydrogens (tertiary/aromatic N) is 4. The molecule has 1 fully saturated rings. The lowest BCUT2D eigenvalue weighted by atomic mass is 10.3. The van der Waals surface area contributed by atoms with Crippen molar-refractivity contribution in [2.75, 3.05) is 6.54 Å². The van der Waals surface area contributed by atoms with Gasteiger partial charge in [-0.15, -0.1) is 0 Å². The van der Waals surface area contributed by atoms with Crippen molar-refractivity contribution in [1.29, 1.82) is 0 Å². The highest BCUT2D eigenvalue weighted by atomic mass is 79.9. The van der Waals surface area contributed by atoms with Crippen molar-refractivity contribution >= 4 is 33.4 Å². The lowest BCUT2D eigenvalue weighted by molar-refractivity contribution is 0.0944. The minimum atomic E-state index is -0.164. The monoisotopic (exact) mass is 341 g/mol. The Morgan fingerprint density at radius 1 is 1.63 bits per heavy atom. The van der Waals surface area contributed by atoms with E-state index in [0.717, 1.165) is 28.8 Å². The number of hydrogen-bond acceptors (Lipinski definition) is 5. The van der Waals surface area contributed by atoms with Crippen molar-refractivity contribution < 1.29 is 4.79 Å². The topological polar surface area (TPSA) is 72.7 Å². The van der Waals surface area contributed by atoms with Crippen molar-refractivity contribution in [3.63, 3.8) is 0 Å². The summed E-state index contributed by atoms with van der Waals surface area (Å²) in [5.41, 5.74) is -0.0680. The molecular weight excluding hydrogens is 330 g/mol. The Kier molecular flexibility index (Phi) is 3.14. The van der Waals surface area contributed by atoms with Crippen molar-refractivity contribution in [2.45, 2.75) is 25.3 Å². The molecule has 1 N–H and O–H groups in total. The first-order valence-corrected chi connectivity index (χ1v) is 7.45. The van der Waals surface area contributed by atoms with Crippen LogP contribution >= 0.6 is 27.5 Å². The third-order valence-corrected chi connectivity index (χ3v) is 4.38. The molecule has 0 atom stereocenters. The molecule has 0 bridgehead atoms. The maximum Gasteiger partial charge on any atom is 0.281 e. The molecule has 2 aromatic rings. The van der Waals surface area contributed by atoms with Gasteiger partial charge in [0.2, 0.25) is 5.01 Å². The quantitative estimate of drug-likeness (QED) is 0.918. The lowest BCUT2D eigenvalue weighted by Crippen LogP contribution is -2.35. The SMILES string of the molecule is Cc1nsc(C(=O)NCC2(n3cc(Br)cn3)CC2)n1. The first kappa shape index (κ1) is 12.7. The molecule has 0 aliphatic heterocycles. The van der Waals surface area contributed by atoms with Gasteiger partial charge in [-0.1, -0.05) is 0 Å². The van der Waals surface area contributed by atoms with E-state index in [1.807, 2.05) is 10.9 Å². The maximum absolute atomic E-state index is 11.9. The van der Waals surface area contributed by atoms with Crippen LogP contribution in [0.4, 0.5) is 0 Å². The Balaban J connectivity index is 1.65. The number of nitrogens with one attached hydrogen (secondary N) is 1. The van der Waals surface area contributed by atoms with Crippen LogP contribution in [0.3, 0.4) is 0 Å². The van der Waals surface area contributed by atoms with Gasteiger partial charge >= 0.3 is 0 Å². The third-order valence-electron chi connectivity index (χ3n) is 3.16. The number of hydrogen-bond donors (Lipinski definition) is 1. The second kappa shape index (κ2) is 4.68. The largest absolute Gasteiger partial charge is 0.347 e. The zero-order valence-electron chi connectivity index (χ0n) is 10.3. The second-order valence-electron chi connectivity index (χ2n) is 4.66. The molecular formula is C11H12BrN5OS. The van der Waals surface area contributed by atoms with Crippen LogP contribution in [-0.4, -0.2) is 31.6 Å². The Labute approximate surface area is 122 Å². The summed E-state index contributed by atoms with van der Waals surface area (Å²) < 4.78 is 6.87. The van der Waals surface area contributed by atoms with Crippen LogP contribution in [-0.2, 0) is 5.54 Å². The van der Waals surface area contributed by atoms with Gasteiger partial charge in [-0.2, -0.15) is 9.47 Å². The number of aryl methyl sites for hydroxylation is 1. The highest BCUT2D eigenvalue weighted by Crippen LogP contribution is 2.42. The smallest absolute Gasteiger partial charge is 0.281 e. The van der Waals surface area contributed by atoms with E-state index >= 15 is 0 Å². The summed E-state index contributed by atoms with van der Waals surface area (Å²) in [6.07, 6.45) is 5.75. The van der Waals surface area contributed by atoms with Gasteiger partial charge in [-0.25, -0.2) is 4.98 Å². The molecule has 0 saturated heterocycles. The van der Waals surface area contributed by atoms with Gasteiger partial charge in [0.05, 0.1) is 16.2 Å². The molecule has 1 aliphatic rings. The van der Waals surface area contributed by atoms with Gasteiger partial charge in [0.25, 0.3) is 5.91 Å². The number of rotatable bonds is 4. The minimum Gasteiger partial charge on any atom is -0.347 e. The fraction of sp³-hybridized carbons (Fsp3) is 0.455. The number of carbonyl (C=O) groups is 1. The van der Waals surface area contributed by atoms with Crippen LogP contribution < -0.4 is 5.32 Å². The zero-order valence-corrected chi connectivity index (χ0v) is 12.7. The molecule has 1 aliphatic carbocycles. The average molecular weight is 342 g/mol. The molecule has 0 radical (unpaired) electrons. The maximum atomic E-state index is 11.9. The summed E-state index contributed by atoms with van der Waals surface area (Å²) >= 11 is 4.51. The molecule has 6 nitrogen and oxygen atoms in total. The van der Waals surface area contributed by atoms with Crippen molar-refractivity contribution in [3.8, 4) is 0 Å². The fourth-order valence-electron chi connectivity index (χ4n) is 1.90. The summed E-state index contributed by atoms with van der Waals surface area (Å²) in [5.74, 6) is 0.468. The molecule has 8 heteroatoms. The predicted octanol–water partition coefficient (Wildman–Crippen LogP) is 1.72. The van der Waals surface area contributed by atoms with Gasteiger partial charge in [0.15, 0.2) is 0 Å². The van der Waals surface area contributed by atoms with E-state index in [1.165, 1.54) is 0 Å². The van der Waals surface area contributed by atoms with Crippen molar-refractivity contribution in [3.05, 3.63) is 27.7 Å². The van der Waals surface area contributed by atoms with E-state index in [2.05, 4.69) is 35.7 Å². The molecule has 1 amide bonds. The Morgan fingerprint density at radius 3 is 2.95 bits per heavy atom. The predicted molar refractivity (Wildman–Crippen MR) is 74.1 cm³/mol. The van der Waals surface area contributed by atoms with Crippen LogP contribution in [0.25, 0.3) is 0 Å². The standard InChI is InChI=1S/C11H12BrN5OS/c1-7-15-10(19-16-7)9(18)13-6-11(2-3-11)17-5-8(12)4-14-17/h4-5H,2-3,6H2,1H3,(H,13,18). The van der Waals surface area contributed by atoms with E-state index in [4.69, 9.17) is 0 Å². The first-order valence-electron chi connectivity index (χ1n) is 5.88. The van der Waals surface area contributed by atoms with Gasteiger partial charge in [-0.05, 0) is 47.2 Å². The van der Waals surface area contributed by atoms with Crippen molar-refractivity contribution in [2.24, 2.45) is 0 Å². The fourth-order valence-corrected chi connectivity index (χ4v) is 2.77. The van der Waals surface area contributed by atoms with E-state index in [0.29, 0.717) is 17.4 Å². The number of aromatic nitrogens is 4. The highest BCUT2D eigenvalue weighted by molar-refractivity contribution is 9.10.